The fourth-order valence-corrected chi connectivity index (χ4v) is 3.62. The highest BCUT2D eigenvalue weighted by Gasteiger charge is 2.32. The normalized spacial score (nSPS) is 20.1. The first-order valence-electron chi connectivity index (χ1n) is 8.69. The summed E-state index contributed by atoms with van der Waals surface area (Å²) in [6.45, 7) is 3.63. The molecule has 0 radical (unpaired) electrons. The van der Waals surface area contributed by atoms with Crippen LogP contribution < -0.4 is 10.2 Å². The number of carbonyl (C=O) groups is 2. The van der Waals surface area contributed by atoms with Gasteiger partial charge in [0.2, 0.25) is 0 Å². The lowest BCUT2D eigenvalue weighted by Gasteiger charge is -2.37. The van der Waals surface area contributed by atoms with Crippen LogP contribution in [0.5, 0.6) is 0 Å². The van der Waals surface area contributed by atoms with Gasteiger partial charge >= 0.3 is 12.0 Å². The average molecular weight is 346 g/mol. The fourth-order valence-electron chi connectivity index (χ4n) is 3.62. The molecular formula is C18H26N4O3. The summed E-state index contributed by atoms with van der Waals surface area (Å²) in [5.74, 6) is -0.390. The summed E-state index contributed by atoms with van der Waals surface area (Å²) in [6.07, 6.45) is 2.39. The Kier molecular flexibility index (Phi) is 5.13. The number of fused-ring (bicyclic) bond motifs is 1. The standard InChI is InChI=1S/C18H26N4O3/c1-20(2)16-11-13(17(23)25-3)6-7-15(16)19-18(24)22-10-9-21-8-4-5-14(21)12-22/h6-7,11,14H,4-5,8-10,12H2,1-3H3,(H,19,24). The molecule has 0 aromatic heterocycles. The summed E-state index contributed by atoms with van der Waals surface area (Å²) < 4.78 is 4.77. The van der Waals surface area contributed by atoms with Crippen LogP contribution in [0.4, 0.5) is 16.2 Å². The lowest BCUT2D eigenvalue weighted by atomic mass is 10.1. The largest absolute Gasteiger partial charge is 0.465 e. The van der Waals surface area contributed by atoms with Gasteiger partial charge in [-0.3, -0.25) is 4.90 Å². The first kappa shape index (κ1) is 17.5. The number of nitrogens with zero attached hydrogens (tertiary/aromatic N) is 3. The van der Waals surface area contributed by atoms with Crippen molar-refractivity contribution in [3.05, 3.63) is 23.8 Å². The molecular weight excluding hydrogens is 320 g/mol. The highest BCUT2D eigenvalue weighted by Crippen LogP contribution is 2.27. The molecule has 25 heavy (non-hydrogen) atoms. The van der Waals surface area contributed by atoms with Crippen LogP contribution in [0, 0.1) is 0 Å². The minimum Gasteiger partial charge on any atom is -0.465 e. The van der Waals surface area contributed by atoms with Crippen LogP contribution in [0.2, 0.25) is 0 Å². The first-order valence-corrected chi connectivity index (χ1v) is 8.69. The quantitative estimate of drug-likeness (QED) is 0.846. The van der Waals surface area contributed by atoms with Crippen LogP contribution in [-0.4, -0.2) is 75.2 Å². The summed E-state index contributed by atoms with van der Waals surface area (Å²) in [5.41, 5.74) is 1.93. The number of hydrogen-bond donors (Lipinski definition) is 1. The molecule has 2 heterocycles. The van der Waals surface area contributed by atoms with Crippen molar-refractivity contribution in [1.82, 2.24) is 9.80 Å². The molecule has 7 nitrogen and oxygen atoms in total. The number of carbonyl (C=O) groups excluding carboxylic acids is 2. The van der Waals surface area contributed by atoms with Gasteiger partial charge < -0.3 is 19.9 Å². The lowest BCUT2D eigenvalue weighted by molar-refractivity contribution is 0.0601. The number of hydrogen-bond acceptors (Lipinski definition) is 5. The van der Waals surface area contributed by atoms with Crippen molar-refractivity contribution < 1.29 is 14.3 Å². The number of piperazine rings is 1. The summed E-state index contributed by atoms with van der Waals surface area (Å²) in [4.78, 5) is 30.7. The van der Waals surface area contributed by atoms with E-state index in [-0.39, 0.29) is 6.03 Å². The summed E-state index contributed by atoms with van der Waals surface area (Å²) in [7, 11) is 5.11. The highest BCUT2D eigenvalue weighted by atomic mass is 16.5. The fraction of sp³-hybridized carbons (Fsp3) is 0.556. The molecule has 2 aliphatic rings. The topological polar surface area (TPSA) is 65.1 Å². The van der Waals surface area contributed by atoms with Crippen molar-refractivity contribution in [3.8, 4) is 0 Å². The van der Waals surface area contributed by atoms with E-state index in [0.717, 1.165) is 31.9 Å². The number of esters is 1. The Bertz CT molecular complexity index is 662. The Hall–Kier alpha value is -2.28. The Morgan fingerprint density at radius 2 is 2.04 bits per heavy atom. The molecule has 136 valence electrons. The van der Waals surface area contributed by atoms with Gasteiger partial charge in [0.25, 0.3) is 0 Å². The molecule has 0 aliphatic carbocycles. The number of ether oxygens (including phenoxy) is 1. The third-order valence-corrected chi connectivity index (χ3v) is 5.02. The second-order valence-corrected chi connectivity index (χ2v) is 6.83. The van der Waals surface area contributed by atoms with Crippen LogP contribution in [0.3, 0.4) is 0 Å². The van der Waals surface area contributed by atoms with E-state index in [1.54, 1.807) is 18.2 Å². The second kappa shape index (κ2) is 7.31. The van der Waals surface area contributed by atoms with Crippen LogP contribution in [0.25, 0.3) is 0 Å². The summed E-state index contributed by atoms with van der Waals surface area (Å²) >= 11 is 0. The van der Waals surface area contributed by atoms with Gasteiger partial charge in [-0.05, 0) is 37.6 Å². The van der Waals surface area contributed by atoms with Crippen molar-refractivity contribution in [2.24, 2.45) is 0 Å². The van der Waals surface area contributed by atoms with Crippen LogP contribution in [0.15, 0.2) is 18.2 Å². The molecule has 2 amide bonds. The maximum atomic E-state index is 12.7. The minimum atomic E-state index is -0.390. The molecule has 1 aromatic rings. The number of rotatable bonds is 3. The van der Waals surface area contributed by atoms with Crippen LogP contribution >= 0.6 is 0 Å². The van der Waals surface area contributed by atoms with Crippen molar-refractivity contribution in [2.75, 3.05) is 57.6 Å². The zero-order valence-electron chi connectivity index (χ0n) is 15.1. The third kappa shape index (κ3) is 3.71. The lowest BCUT2D eigenvalue weighted by Crippen LogP contribution is -2.53. The van der Waals surface area contributed by atoms with E-state index in [4.69, 9.17) is 4.74 Å². The monoisotopic (exact) mass is 346 g/mol. The van der Waals surface area contributed by atoms with E-state index in [1.165, 1.54) is 20.0 Å². The van der Waals surface area contributed by atoms with E-state index in [9.17, 15) is 9.59 Å². The Balaban J connectivity index is 1.73. The van der Waals surface area contributed by atoms with Crippen LogP contribution in [0.1, 0.15) is 23.2 Å². The molecule has 3 rings (SSSR count). The van der Waals surface area contributed by atoms with E-state index in [2.05, 4.69) is 10.2 Å². The molecule has 7 heteroatoms. The number of methoxy groups -OCH3 is 1. The van der Waals surface area contributed by atoms with Gasteiger partial charge in [0, 0.05) is 39.8 Å². The smallest absolute Gasteiger partial charge is 0.337 e. The number of amides is 2. The number of nitrogens with one attached hydrogen (secondary N) is 1. The summed E-state index contributed by atoms with van der Waals surface area (Å²) in [5, 5.41) is 3.00. The molecule has 1 aromatic carbocycles. The van der Waals surface area contributed by atoms with Gasteiger partial charge in [0.15, 0.2) is 0 Å². The first-order chi connectivity index (χ1) is 12.0. The predicted molar refractivity (Wildman–Crippen MR) is 97.3 cm³/mol. The zero-order valence-corrected chi connectivity index (χ0v) is 15.1. The van der Waals surface area contributed by atoms with E-state index >= 15 is 0 Å². The summed E-state index contributed by atoms with van der Waals surface area (Å²) in [6, 6.07) is 5.57. The van der Waals surface area contributed by atoms with Gasteiger partial charge in [-0.1, -0.05) is 0 Å². The Morgan fingerprint density at radius 3 is 2.76 bits per heavy atom. The third-order valence-electron chi connectivity index (χ3n) is 5.02. The van der Waals surface area contributed by atoms with Crippen molar-refractivity contribution >= 4 is 23.4 Å². The molecule has 1 unspecified atom stereocenters. The molecule has 2 fully saturated rings. The van der Waals surface area contributed by atoms with Crippen molar-refractivity contribution in [3.63, 3.8) is 0 Å². The van der Waals surface area contributed by atoms with Crippen molar-refractivity contribution in [2.45, 2.75) is 18.9 Å². The van der Waals surface area contributed by atoms with E-state index < -0.39 is 5.97 Å². The molecule has 0 spiro atoms. The zero-order chi connectivity index (χ0) is 18.0. The van der Waals surface area contributed by atoms with E-state index in [1.807, 2.05) is 23.9 Å². The van der Waals surface area contributed by atoms with Crippen molar-refractivity contribution in [1.29, 1.82) is 0 Å². The average Bonchev–Trinajstić information content (AvgIpc) is 3.08. The molecule has 1 N–H and O–H groups in total. The SMILES string of the molecule is COC(=O)c1ccc(NC(=O)N2CCN3CCCC3C2)c(N(C)C)c1. The van der Waals surface area contributed by atoms with Gasteiger partial charge in [0.05, 0.1) is 24.0 Å². The molecule has 2 aliphatic heterocycles. The van der Waals surface area contributed by atoms with Gasteiger partial charge in [-0.25, -0.2) is 9.59 Å². The maximum Gasteiger partial charge on any atom is 0.337 e. The Morgan fingerprint density at radius 1 is 1.24 bits per heavy atom. The highest BCUT2D eigenvalue weighted by molar-refractivity contribution is 5.97. The molecule has 0 saturated carbocycles. The predicted octanol–water partition coefficient (Wildman–Crippen LogP) is 1.85. The van der Waals surface area contributed by atoms with Crippen LogP contribution in [-0.2, 0) is 4.74 Å². The van der Waals surface area contributed by atoms with Gasteiger partial charge in [-0.15, -0.1) is 0 Å². The number of anilines is 2. The van der Waals surface area contributed by atoms with Gasteiger partial charge in [0.1, 0.15) is 0 Å². The molecule has 1 atom stereocenters. The Labute approximate surface area is 148 Å². The molecule has 2 saturated heterocycles. The number of benzene rings is 1. The number of urea groups is 1. The minimum absolute atomic E-state index is 0.0829. The second-order valence-electron chi connectivity index (χ2n) is 6.83. The maximum absolute atomic E-state index is 12.7. The molecule has 0 bridgehead atoms. The van der Waals surface area contributed by atoms with Gasteiger partial charge in [-0.2, -0.15) is 0 Å². The van der Waals surface area contributed by atoms with E-state index in [0.29, 0.717) is 17.3 Å².